The fraction of sp³-hybridized carbons (Fsp3) is 0.522. The predicted molar refractivity (Wildman–Crippen MR) is 118 cm³/mol. The van der Waals surface area contributed by atoms with Gasteiger partial charge in [-0.1, -0.05) is 6.92 Å². The first kappa shape index (κ1) is 22.3. The van der Waals surface area contributed by atoms with Crippen LogP contribution in [0.3, 0.4) is 0 Å². The van der Waals surface area contributed by atoms with Crippen LogP contribution in [-0.2, 0) is 14.3 Å². The number of hydrogen-bond donors (Lipinski definition) is 0. The minimum Gasteiger partial charge on any atom is -0.466 e. The minimum absolute atomic E-state index is 0.130. The summed E-state index contributed by atoms with van der Waals surface area (Å²) in [7, 11) is 1.19. The standard InChI is InChI=1S/C23H28FN3O5/c1-4-25-7-9-26(10-8-25)20-12-19-16(11-18(20)24)21(28)17(13-27(19)15-5-6-15)23(30)32-14(2)22(29)31-3/h11-15H,4-10H2,1-3H3/t14-/m0/s1. The third kappa shape index (κ3) is 4.21. The Kier molecular flexibility index (Phi) is 6.19. The molecule has 1 aliphatic carbocycles. The number of aromatic nitrogens is 1. The van der Waals surface area contributed by atoms with Gasteiger partial charge in [0, 0.05) is 43.8 Å². The van der Waals surface area contributed by atoms with Crippen molar-refractivity contribution in [1.82, 2.24) is 9.47 Å². The number of carbonyl (C=O) groups is 2. The highest BCUT2D eigenvalue weighted by Crippen LogP contribution is 2.38. The van der Waals surface area contributed by atoms with Gasteiger partial charge in [0.05, 0.1) is 18.3 Å². The summed E-state index contributed by atoms with van der Waals surface area (Å²) in [6.07, 6.45) is 2.14. The molecule has 2 fully saturated rings. The van der Waals surface area contributed by atoms with Gasteiger partial charge in [0.1, 0.15) is 11.4 Å². The molecule has 0 bridgehead atoms. The Labute approximate surface area is 185 Å². The van der Waals surface area contributed by atoms with E-state index in [2.05, 4.69) is 16.6 Å². The first-order chi connectivity index (χ1) is 15.3. The van der Waals surface area contributed by atoms with Crippen LogP contribution < -0.4 is 10.3 Å². The van der Waals surface area contributed by atoms with Crippen molar-refractivity contribution in [1.29, 1.82) is 0 Å². The molecule has 0 unspecified atom stereocenters. The first-order valence-electron chi connectivity index (χ1n) is 11.0. The highest BCUT2D eigenvalue weighted by Gasteiger charge is 2.30. The molecule has 1 aromatic heterocycles. The molecule has 1 aliphatic heterocycles. The number of hydrogen-bond acceptors (Lipinski definition) is 7. The van der Waals surface area contributed by atoms with E-state index in [4.69, 9.17) is 4.74 Å². The average Bonchev–Trinajstić information content (AvgIpc) is 3.64. The molecule has 1 aromatic carbocycles. The molecule has 0 N–H and O–H groups in total. The number of pyridine rings is 1. The number of halogens is 1. The van der Waals surface area contributed by atoms with Crippen molar-refractivity contribution in [3.63, 3.8) is 0 Å². The van der Waals surface area contributed by atoms with Crippen LogP contribution in [0.2, 0.25) is 0 Å². The Morgan fingerprint density at radius 2 is 1.88 bits per heavy atom. The molecule has 0 radical (unpaired) electrons. The second kappa shape index (κ2) is 8.90. The molecule has 2 aliphatic rings. The first-order valence-corrected chi connectivity index (χ1v) is 11.0. The fourth-order valence-corrected chi connectivity index (χ4v) is 4.14. The van der Waals surface area contributed by atoms with Gasteiger partial charge in [0.2, 0.25) is 5.43 Å². The lowest BCUT2D eigenvalue weighted by atomic mass is 10.1. The second-order valence-corrected chi connectivity index (χ2v) is 8.32. The van der Waals surface area contributed by atoms with Crippen LogP contribution in [-0.4, -0.2) is 67.3 Å². The molecule has 2 aromatic rings. The molecule has 0 amide bonds. The lowest BCUT2D eigenvalue weighted by molar-refractivity contribution is -0.149. The minimum atomic E-state index is -1.15. The van der Waals surface area contributed by atoms with Gasteiger partial charge in [-0.25, -0.2) is 14.0 Å². The smallest absolute Gasteiger partial charge is 0.346 e. The maximum Gasteiger partial charge on any atom is 0.346 e. The van der Waals surface area contributed by atoms with Crippen molar-refractivity contribution in [2.24, 2.45) is 0 Å². The second-order valence-electron chi connectivity index (χ2n) is 8.32. The summed E-state index contributed by atoms with van der Waals surface area (Å²) in [5.74, 6) is -2.14. The van der Waals surface area contributed by atoms with Gasteiger partial charge < -0.3 is 23.8 Å². The van der Waals surface area contributed by atoms with Gasteiger partial charge in [0.15, 0.2) is 6.10 Å². The molecular formula is C23H28FN3O5. The van der Waals surface area contributed by atoms with E-state index in [0.717, 1.165) is 32.5 Å². The molecule has 1 atom stereocenters. The van der Waals surface area contributed by atoms with E-state index in [9.17, 15) is 14.4 Å². The highest BCUT2D eigenvalue weighted by atomic mass is 19.1. The van der Waals surface area contributed by atoms with Crippen LogP contribution in [0.15, 0.2) is 23.1 Å². The quantitative estimate of drug-likeness (QED) is 0.632. The summed E-state index contributed by atoms with van der Waals surface area (Å²) < 4.78 is 26.7. The van der Waals surface area contributed by atoms with Gasteiger partial charge in [-0.05, 0) is 38.4 Å². The van der Waals surface area contributed by atoms with Crippen LogP contribution >= 0.6 is 0 Å². The van der Waals surface area contributed by atoms with Crippen LogP contribution in [0.5, 0.6) is 0 Å². The lowest BCUT2D eigenvalue weighted by Crippen LogP contribution is -2.46. The van der Waals surface area contributed by atoms with E-state index >= 15 is 4.39 Å². The zero-order valence-electron chi connectivity index (χ0n) is 18.6. The largest absolute Gasteiger partial charge is 0.466 e. The van der Waals surface area contributed by atoms with Gasteiger partial charge in [0.25, 0.3) is 0 Å². The summed E-state index contributed by atoms with van der Waals surface area (Å²) in [4.78, 5) is 41.6. The Hall–Kier alpha value is -2.94. The summed E-state index contributed by atoms with van der Waals surface area (Å²) in [6.45, 7) is 7.56. The summed E-state index contributed by atoms with van der Waals surface area (Å²) in [6, 6.07) is 3.08. The van der Waals surface area contributed by atoms with Crippen molar-refractivity contribution in [2.75, 3.05) is 44.7 Å². The molecule has 1 saturated heterocycles. The third-order valence-electron chi connectivity index (χ3n) is 6.24. The molecule has 172 valence electrons. The average molecular weight is 445 g/mol. The number of anilines is 1. The normalized spacial score (nSPS) is 17.9. The number of nitrogens with zero attached hydrogens (tertiary/aromatic N) is 3. The van der Waals surface area contributed by atoms with Gasteiger partial charge >= 0.3 is 11.9 Å². The van der Waals surface area contributed by atoms with Crippen molar-refractivity contribution in [2.45, 2.75) is 38.8 Å². The molecule has 2 heterocycles. The summed E-state index contributed by atoms with van der Waals surface area (Å²) in [5.41, 5.74) is 0.241. The number of ether oxygens (including phenoxy) is 2. The van der Waals surface area contributed by atoms with Crippen molar-refractivity contribution in [3.8, 4) is 0 Å². The molecule has 8 nitrogen and oxygen atoms in total. The highest BCUT2D eigenvalue weighted by molar-refractivity contribution is 5.95. The number of benzene rings is 1. The Morgan fingerprint density at radius 3 is 2.47 bits per heavy atom. The maximum atomic E-state index is 15.1. The van der Waals surface area contributed by atoms with Crippen LogP contribution in [0.1, 0.15) is 43.1 Å². The zero-order chi connectivity index (χ0) is 23.0. The molecular weight excluding hydrogens is 417 g/mol. The van der Waals surface area contributed by atoms with E-state index < -0.39 is 29.3 Å². The number of likely N-dealkylation sites (N-methyl/N-ethyl adjacent to an activating group) is 1. The fourth-order valence-electron chi connectivity index (χ4n) is 4.14. The maximum absolute atomic E-state index is 15.1. The van der Waals surface area contributed by atoms with Gasteiger partial charge in [-0.15, -0.1) is 0 Å². The SMILES string of the molecule is CCN1CCN(c2cc3c(cc2F)c(=O)c(C(=O)O[C@@H](C)C(=O)OC)cn3C2CC2)CC1. The third-order valence-corrected chi connectivity index (χ3v) is 6.24. The molecule has 9 heteroatoms. The van der Waals surface area contributed by atoms with E-state index in [1.54, 1.807) is 6.07 Å². The number of rotatable bonds is 6. The molecule has 4 rings (SSSR count). The predicted octanol–water partition coefficient (Wildman–Crippen LogP) is 2.34. The Bertz CT molecular complexity index is 1100. The van der Waals surface area contributed by atoms with Crippen LogP contribution in [0, 0.1) is 5.82 Å². The number of carbonyl (C=O) groups excluding carboxylic acids is 2. The van der Waals surface area contributed by atoms with Crippen LogP contribution in [0.25, 0.3) is 10.9 Å². The Morgan fingerprint density at radius 1 is 1.19 bits per heavy atom. The van der Waals surface area contributed by atoms with E-state index in [-0.39, 0.29) is 17.0 Å². The van der Waals surface area contributed by atoms with Crippen molar-refractivity contribution < 1.29 is 23.5 Å². The van der Waals surface area contributed by atoms with E-state index in [0.29, 0.717) is 24.3 Å². The van der Waals surface area contributed by atoms with Crippen molar-refractivity contribution >= 4 is 28.5 Å². The van der Waals surface area contributed by atoms with Crippen molar-refractivity contribution in [3.05, 3.63) is 39.9 Å². The topological polar surface area (TPSA) is 81.1 Å². The van der Waals surface area contributed by atoms with Crippen LogP contribution in [0.4, 0.5) is 10.1 Å². The zero-order valence-corrected chi connectivity index (χ0v) is 18.6. The number of methoxy groups -OCH3 is 1. The van der Waals surface area contributed by atoms with E-state index in [1.165, 1.54) is 26.3 Å². The van der Waals surface area contributed by atoms with E-state index in [1.807, 2.05) is 9.47 Å². The number of piperazine rings is 1. The summed E-state index contributed by atoms with van der Waals surface area (Å²) in [5, 5.41) is 0.130. The number of esters is 2. The lowest BCUT2D eigenvalue weighted by Gasteiger charge is -2.35. The summed E-state index contributed by atoms with van der Waals surface area (Å²) >= 11 is 0. The molecule has 1 saturated carbocycles. The number of fused-ring (bicyclic) bond motifs is 1. The molecule has 32 heavy (non-hydrogen) atoms. The monoisotopic (exact) mass is 445 g/mol. The van der Waals surface area contributed by atoms with Gasteiger partial charge in [-0.2, -0.15) is 0 Å². The van der Waals surface area contributed by atoms with Gasteiger partial charge in [-0.3, -0.25) is 4.79 Å². The Balaban J connectivity index is 1.74. The molecule has 0 spiro atoms.